The smallest absolute Gasteiger partial charge is 0.191 e. The van der Waals surface area contributed by atoms with Crippen molar-refractivity contribution in [2.45, 2.75) is 33.1 Å². The highest BCUT2D eigenvalue weighted by Crippen LogP contribution is 2.15. The first-order chi connectivity index (χ1) is 15.1. The van der Waals surface area contributed by atoms with Gasteiger partial charge in [0.25, 0.3) is 0 Å². The van der Waals surface area contributed by atoms with Crippen LogP contribution in [0.25, 0.3) is 0 Å². The third-order valence-electron chi connectivity index (χ3n) is 5.19. The maximum atomic E-state index is 5.82. The number of guanidine groups is 1. The average Bonchev–Trinajstić information content (AvgIpc) is 2.80. The molecule has 0 saturated carbocycles. The Morgan fingerprint density at radius 1 is 1.22 bits per heavy atom. The van der Waals surface area contributed by atoms with Gasteiger partial charge in [0.05, 0.1) is 25.9 Å². The Kier molecular flexibility index (Phi) is 11.8. The van der Waals surface area contributed by atoms with Crippen molar-refractivity contribution in [2.24, 2.45) is 10.9 Å². The van der Waals surface area contributed by atoms with Crippen LogP contribution >= 0.6 is 24.0 Å². The van der Waals surface area contributed by atoms with E-state index < -0.39 is 0 Å². The highest BCUT2D eigenvalue weighted by atomic mass is 127. The highest BCUT2D eigenvalue weighted by molar-refractivity contribution is 14.0. The number of aromatic nitrogens is 1. The number of aliphatic imine (C=N–C) groups is 1. The van der Waals surface area contributed by atoms with Crippen LogP contribution in [0.2, 0.25) is 0 Å². The fraction of sp³-hybridized carbons (Fsp3) is 0.500. The number of hydrogen-bond donors (Lipinski definition) is 2. The lowest BCUT2D eigenvalue weighted by molar-refractivity contribution is 0.0529. The second-order valence-electron chi connectivity index (χ2n) is 8.06. The van der Waals surface area contributed by atoms with Gasteiger partial charge >= 0.3 is 0 Å². The largest absolute Gasteiger partial charge is 0.376 e. The summed E-state index contributed by atoms with van der Waals surface area (Å²) in [4.78, 5) is 11.2. The minimum absolute atomic E-state index is 0. The second kappa shape index (κ2) is 14.3. The summed E-state index contributed by atoms with van der Waals surface area (Å²) in [7, 11) is 1.78. The molecule has 176 valence electrons. The number of anilines is 1. The van der Waals surface area contributed by atoms with E-state index in [1.54, 1.807) is 7.05 Å². The van der Waals surface area contributed by atoms with Crippen LogP contribution in [0.15, 0.2) is 53.7 Å². The predicted molar refractivity (Wildman–Crippen MR) is 141 cm³/mol. The zero-order chi connectivity index (χ0) is 21.9. The fourth-order valence-electron chi connectivity index (χ4n) is 3.42. The van der Waals surface area contributed by atoms with Gasteiger partial charge in [-0.1, -0.05) is 43.3 Å². The third kappa shape index (κ3) is 8.91. The maximum absolute atomic E-state index is 5.82. The van der Waals surface area contributed by atoms with Crippen LogP contribution in [0.3, 0.4) is 0 Å². The van der Waals surface area contributed by atoms with Gasteiger partial charge in [-0.05, 0) is 30.0 Å². The zero-order valence-corrected chi connectivity index (χ0v) is 21.6. The highest BCUT2D eigenvalue weighted by Gasteiger charge is 2.17. The van der Waals surface area contributed by atoms with Crippen molar-refractivity contribution in [3.8, 4) is 0 Å². The summed E-state index contributed by atoms with van der Waals surface area (Å²) in [5, 5.41) is 6.73. The van der Waals surface area contributed by atoms with E-state index in [1.165, 1.54) is 5.56 Å². The van der Waals surface area contributed by atoms with E-state index >= 15 is 0 Å². The van der Waals surface area contributed by atoms with E-state index in [-0.39, 0.29) is 30.1 Å². The van der Waals surface area contributed by atoms with Gasteiger partial charge in [-0.15, -0.1) is 24.0 Å². The molecule has 3 rings (SSSR count). The number of hydrogen-bond acceptors (Lipinski definition) is 5. The molecule has 0 aliphatic carbocycles. The number of nitrogens with zero attached hydrogens (tertiary/aromatic N) is 3. The minimum atomic E-state index is 0. The summed E-state index contributed by atoms with van der Waals surface area (Å²) in [6, 6.07) is 14.4. The van der Waals surface area contributed by atoms with E-state index in [0.717, 1.165) is 43.6 Å². The molecular formula is C24H36IN5O2. The van der Waals surface area contributed by atoms with Crippen molar-refractivity contribution in [3.05, 3.63) is 59.8 Å². The summed E-state index contributed by atoms with van der Waals surface area (Å²) in [6.07, 6.45) is 2.17. The van der Waals surface area contributed by atoms with Crippen LogP contribution in [-0.2, 0) is 22.6 Å². The van der Waals surface area contributed by atoms with Crippen LogP contribution < -0.4 is 15.5 Å². The molecule has 2 atom stereocenters. The fourth-order valence-corrected chi connectivity index (χ4v) is 3.42. The quantitative estimate of drug-likeness (QED) is 0.282. The normalized spacial score (nSPS) is 17.4. The molecule has 32 heavy (non-hydrogen) atoms. The van der Waals surface area contributed by atoms with E-state index in [1.807, 2.05) is 24.4 Å². The lowest BCUT2D eigenvalue weighted by atomic mass is 10.2. The summed E-state index contributed by atoms with van der Waals surface area (Å²) in [6.45, 7) is 9.60. The lowest BCUT2D eigenvalue weighted by Gasteiger charge is -2.32. The Bertz CT molecular complexity index is 804. The van der Waals surface area contributed by atoms with Crippen LogP contribution in [0.5, 0.6) is 0 Å². The predicted octanol–water partition coefficient (Wildman–Crippen LogP) is 3.44. The molecule has 1 aromatic carbocycles. The molecule has 1 aliphatic heterocycles. The van der Waals surface area contributed by atoms with Crippen molar-refractivity contribution in [1.29, 1.82) is 0 Å². The summed E-state index contributed by atoms with van der Waals surface area (Å²) in [5.41, 5.74) is 2.31. The van der Waals surface area contributed by atoms with Gasteiger partial charge in [0.15, 0.2) is 5.96 Å². The molecule has 0 radical (unpaired) electrons. The van der Waals surface area contributed by atoms with Gasteiger partial charge in [-0.2, -0.15) is 0 Å². The van der Waals surface area contributed by atoms with E-state index in [9.17, 15) is 0 Å². The molecular weight excluding hydrogens is 517 g/mol. The molecule has 0 bridgehead atoms. The Morgan fingerprint density at radius 3 is 2.72 bits per heavy atom. The number of benzene rings is 1. The Morgan fingerprint density at radius 2 is 2.03 bits per heavy atom. The van der Waals surface area contributed by atoms with Crippen LogP contribution in [0.4, 0.5) is 5.82 Å². The van der Waals surface area contributed by atoms with E-state index in [0.29, 0.717) is 25.7 Å². The first-order valence-electron chi connectivity index (χ1n) is 11.0. The van der Waals surface area contributed by atoms with E-state index in [4.69, 9.17) is 9.47 Å². The van der Waals surface area contributed by atoms with Crippen molar-refractivity contribution >= 4 is 35.8 Å². The average molecular weight is 553 g/mol. The molecule has 1 fully saturated rings. The molecule has 1 aromatic heterocycles. The first-order valence-corrected chi connectivity index (χ1v) is 11.0. The number of halogens is 1. The number of rotatable bonds is 9. The molecule has 0 spiro atoms. The van der Waals surface area contributed by atoms with Gasteiger partial charge in [-0.25, -0.2) is 4.98 Å². The molecule has 1 saturated heterocycles. The van der Waals surface area contributed by atoms with Gasteiger partial charge < -0.3 is 25.0 Å². The molecule has 0 amide bonds. The monoisotopic (exact) mass is 553 g/mol. The number of ether oxygens (including phenoxy) is 2. The Balaban J connectivity index is 0.00000363. The summed E-state index contributed by atoms with van der Waals surface area (Å²) >= 11 is 0. The van der Waals surface area contributed by atoms with Gasteiger partial charge in [0, 0.05) is 39.4 Å². The molecule has 2 unspecified atom stereocenters. The summed E-state index contributed by atoms with van der Waals surface area (Å²) < 4.78 is 11.4. The standard InChI is InChI=1S/C24H35N5O2.HI/c1-19(17-30-18-21-7-5-4-6-8-21)13-27-24(25-3)28-15-22-9-10-23(26-14-22)29-11-12-31-20(2)16-29;/h4-10,14,19-20H,11-13,15-18H2,1-3H3,(H2,25,27,28);1H. The topological polar surface area (TPSA) is 71.0 Å². The second-order valence-corrected chi connectivity index (χ2v) is 8.06. The van der Waals surface area contributed by atoms with E-state index in [2.05, 4.69) is 63.6 Å². The molecule has 2 aromatic rings. The maximum Gasteiger partial charge on any atom is 0.191 e. The SMILES string of the molecule is CN=C(NCc1ccc(N2CCOC(C)C2)nc1)NCC(C)COCc1ccccc1.I. The third-order valence-corrected chi connectivity index (χ3v) is 5.19. The first kappa shape index (κ1) is 26.3. The van der Waals surface area contributed by atoms with Crippen LogP contribution in [0.1, 0.15) is 25.0 Å². The Hall–Kier alpha value is -1.91. The van der Waals surface area contributed by atoms with Gasteiger partial charge in [0.1, 0.15) is 5.82 Å². The van der Waals surface area contributed by atoms with Crippen molar-refractivity contribution < 1.29 is 9.47 Å². The number of morpholine rings is 1. The Labute approximate surface area is 209 Å². The van der Waals surface area contributed by atoms with Crippen molar-refractivity contribution in [3.63, 3.8) is 0 Å². The zero-order valence-electron chi connectivity index (χ0n) is 19.3. The minimum Gasteiger partial charge on any atom is -0.376 e. The number of nitrogens with one attached hydrogen (secondary N) is 2. The lowest BCUT2D eigenvalue weighted by Crippen LogP contribution is -2.41. The summed E-state index contributed by atoms with van der Waals surface area (Å²) in [5.74, 6) is 2.16. The number of pyridine rings is 1. The van der Waals surface area contributed by atoms with Crippen molar-refractivity contribution in [2.75, 3.05) is 44.8 Å². The van der Waals surface area contributed by atoms with Crippen LogP contribution in [-0.4, -0.2) is 56.9 Å². The van der Waals surface area contributed by atoms with Crippen LogP contribution in [0, 0.1) is 5.92 Å². The van der Waals surface area contributed by atoms with Gasteiger partial charge in [0.2, 0.25) is 0 Å². The molecule has 8 heteroatoms. The van der Waals surface area contributed by atoms with Crippen molar-refractivity contribution in [1.82, 2.24) is 15.6 Å². The molecule has 2 N–H and O–H groups in total. The molecule has 7 nitrogen and oxygen atoms in total. The molecule has 1 aliphatic rings. The van der Waals surface area contributed by atoms with Gasteiger partial charge in [-0.3, -0.25) is 4.99 Å². The molecule has 2 heterocycles.